The average Bonchev–Trinajstić information content (AvgIpc) is 2.26. The Kier molecular flexibility index (Phi) is 5.55. The van der Waals surface area contributed by atoms with E-state index >= 15 is 0 Å². The highest BCUT2D eigenvalue weighted by molar-refractivity contribution is 5.85. The van der Waals surface area contributed by atoms with Gasteiger partial charge in [-0.2, -0.15) is 22.0 Å². The van der Waals surface area contributed by atoms with Crippen molar-refractivity contribution >= 4 is 12.4 Å². The zero-order chi connectivity index (χ0) is 13.3. The highest BCUT2D eigenvalue weighted by atomic mass is 35.5. The first kappa shape index (κ1) is 17.1. The summed E-state index contributed by atoms with van der Waals surface area (Å²) in [5.74, 6) is -4.93. The molecule has 1 atom stereocenters. The lowest BCUT2D eigenvalue weighted by Crippen LogP contribution is -2.45. The molecule has 1 aromatic carbocycles. The van der Waals surface area contributed by atoms with Gasteiger partial charge in [-0.05, 0) is 17.5 Å². The molecule has 0 aliphatic heterocycles. The Hall–Kier alpha value is -0.880. The van der Waals surface area contributed by atoms with E-state index in [-0.39, 0.29) is 18.0 Å². The van der Waals surface area contributed by atoms with Gasteiger partial charge in [-0.1, -0.05) is 31.2 Å². The molecule has 0 spiro atoms. The molecule has 1 nitrogen and oxygen atoms in total. The fourth-order valence-corrected chi connectivity index (χ4v) is 1.35. The first-order valence-corrected chi connectivity index (χ1v) is 4.99. The third-order valence-electron chi connectivity index (χ3n) is 2.52. The van der Waals surface area contributed by atoms with Gasteiger partial charge in [0.25, 0.3) is 0 Å². The number of nitrogens with two attached hydrogens (primary N) is 1. The topological polar surface area (TPSA) is 26.0 Å². The minimum atomic E-state index is -5.64. The van der Waals surface area contributed by atoms with Gasteiger partial charge in [0.2, 0.25) is 0 Å². The molecule has 0 aliphatic carbocycles. The first-order chi connectivity index (χ1) is 7.70. The average molecular weight is 290 g/mol. The van der Waals surface area contributed by atoms with Gasteiger partial charge in [-0.15, -0.1) is 12.4 Å². The highest BCUT2D eigenvalue weighted by Crippen LogP contribution is 2.43. The monoisotopic (exact) mass is 289 g/mol. The van der Waals surface area contributed by atoms with E-state index in [1.165, 1.54) is 24.3 Å². The van der Waals surface area contributed by atoms with Gasteiger partial charge >= 0.3 is 12.1 Å². The SMILES string of the molecule is CCc1ccc([C@H](N)C(F)(F)C(F)(F)F)cc1.Cl. The zero-order valence-corrected chi connectivity index (χ0v) is 10.3. The van der Waals surface area contributed by atoms with Crippen LogP contribution in [0.5, 0.6) is 0 Å². The molecule has 0 heterocycles. The second kappa shape index (κ2) is 5.84. The van der Waals surface area contributed by atoms with Gasteiger partial charge in [-0.3, -0.25) is 0 Å². The highest BCUT2D eigenvalue weighted by Gasteiger charge is 2.61. The molecule has 7 heteroatoms. The molecule has 0 saturated heterocycles. The lowest BCUT2D eigenvalue weighted by Gasteiger charge is -2.26. The predicted molar refractivity (Wildman–Crippen MR) is 61.0 cm³/mol. The van der Waals surface area contributed by atoms with E-state index in [9.17, 15) is 22.0 Å². The quantitative estimate of drug-likeness (QED) is 0.840. The van der Waals surface area contributed by atoms with Gasteiger partial charge in [0, 0.05) is 0 Å². The van der Waals surface area contributed by atoms with Crippen molar-refractivity contribution in [2.24, 2.45) is 5.73 Å². The summed E-state index contributed by atoms with van der Waals surface area (Å²) < 4.78 is 62.1. The van der Waals surface area contributed by atoms with E-state index in [0.29, 0.717) is 6.42 Å². The van der Waals surface area contributed by atoms with E-state index < -0.39 is 18.1 Å². The van der Waals surface area contributed by atoms with Crippen molar-refractivity contribution in [3.8, 4) is 0 Å². The van der Waals surface area contributed by atoms with Crippen LogP contribution in [0.4, 0.5) is 22.0 Å². The Bertz CT molecular complexity index is 374. The maximum atomic E-state index is 12.9. The minimum Gasteiger partial charge on any atom is -0.319 e. The smallest absolute Gasteiger partial charge is 0.319 e. The Morgan fingerprint density at radius 2 is 1.50 bits per heavy atom. The maximum Gasteiger partial charge on any atom is 0.455 e. The van der Waals surface area contributed by atoms with Crippen molar-refractivity contribution in [3.05, 3.63) is 35.4 Å². The van der Waals surface area contributed by atoms with E-state index in [1.807, 2.05) is 6.92 Å². The van der Waals surface area contributed by atoms with E-state index in [0.717, 1.165) is 5.56 Å². The van der Waals surface area contributed by atoms with Gasteiger partial charge in [-0.25, -0.2) is 0 Å². The predicted octanol–water partition coefficient (Wildman–Crippen LogP) is 3.87. The van der Waals surface area contributed by atoms with Gasteiger partial charge in [0.1, 0.15) is 6.04 Å². The number of rotatable bonds is 3. The molecule has 0 aromatic heterocycles. The number of hydrogen-bond acceptors (Lipinski definition) is 1. The summed E-state index contributed by atoms with van der Waals surface area (Å²) in [6.45, 7) is 1.85. The van der Waals surface area contributed by atoms with Crippen LogP contribution in [0.3, 0.4) is 0 Å². The summed E-state index contributed by atoms with van der Waals surface area (Å²) >= 11 is 0. The lowest BCUT2D eigenvalue weighted by atomic mass is 9.99. The number of alkyl halides is 5. The largest absolute Gasteiger partial charge is 0.455 e. The summed E-state index contributed by atoms with van der Waals surface area (Å²) in [5.41, 5.74) is 5.59. The fourth-order valence-electron chi connectivity index (χ4n) is 1.35. The maximum absolute atomic E-state index is 12.9. The molecule has 104 valence electrons. The molecule has 0 amide bonds. The number of benzene rings is 1. The second-order valence-electron chi connectivity index (χ2n) is 3.69. The molecule has 2 N–H and O–H groups in total. The van der Waals surface area contributed by atoms with Gasteiger partial charge in [0.05, 0.1) is 0 Å². The summed E-state index contributed by atoms with van der Waals surface area (Å²) in [5, 5.41) is 0. The molecule has 0 radical (unpaired) electrons. The Morgan fingerprint density at radius 1 is 1.06 bits per heavy atom. The third-order valence-corrected chi connectivity index (χ3v) is 2.52. The summed E-state index contributed by atoms with van der Waals surface area (Å²) in [4.78, 5) is 0. The standard InChI is InChI=1S/C11H12F5N.ClH/c1-2-7-3-5-8(6-4-7)9(17)10(12,13)11(14,15)16;/h3-6,9H,2,17H2,1H3;1H/t9-;/m0./s1. The van der Waals surface area contributed by atoms with Crippen molar-refractivity contribution in [2.75, 3.05) is 0 Å². The van der Waals surface area contributed by atoms with Crippen LogP contribution in [0.15, 0.2) is 24.3 Å². The second-order valence-corrected chi connectivity index (χ2v) is 3.69. The van der Waals surface area contributed by atoms with Crippen molar-refractivity contribution in [1.29, 1.82) is 0 Å². The van der Waals surface area contributed by atoms with Gasteiger partial charge in [0.15, 0.2) is 0 Å². The zero-order valence-electron chi connectivity index (χ0n) is 9.47. The van der Waals surface area contributed by atoms with Crippen LogP contribution < -0.4 is 5.73 Å². The molecule has 0 bridgehead atoms. The van der Waals surface area contributed by atoms with Crippen molar-refractivity contribution in [2.45, 2.75) is 31.5 Å². The van der Waals surface area contributed by atoms with Gasteiger partial charge < -0.3 is 5.73 Å². The number of halogens is 6. The van der Waals surface area contributed by atoms with Crippen LogP contribution in [-0.4, -0.2) is 12.1 Å². The third kappa shape index (κ3) is 3.32. The summed E-state index contributed by atoms with van der Waals surface area (Å²) in [7, 11) is 0. The van der Waals surface area contributed by atoms with E-state index in [4.69, 9.17) is 5.73 Å². The van der Waals surface area contributed by atoms with Crippen molar-refractivity contribution in [3.63, 3.8) is 0 Å². The molecule has 18 heavy (non-hydrogen) atoms. The normalized spacial score (nSPS) is 13.9. The lowest BCUT2D eigenvalue weighted by molar-refractivity contribution is -0.291. The number of aryl methyl sites for hydroxylation is 1. The fraction of sp³-hybridized carbons (Fsp3) is 0.455. The van der Waals surface area contributed by atoms with Crippen molar-refractivity contribution < 1.29 is 22.0 Å². The number of hydrogen-bond donors (Lipinski definition) is 1. The molecule has 1 aromatic rings. The molecule has 0 unspecified atom stereocenters. The molecule has 0 saturated carbocycles. The van der Waals surface area contributed by atoms with Crippen LogP contribution >= 0.6 is 12.4 Å². The first-order valence-electron chi connectivity index (χ1n) is 4.99. The van der Waals surface area contributed by atoms with Crippen LogP contribution in [0.2, 0.25) is 0 Å². The Balaban J connectivity index is 0.00000289. The van der Waals surface area contributed by atoms with Crippen molar-refractivity contribution in [1.82, 2.24) is 0 Å². The molecular formula is C11H13ClF5N. The van der Waals surface area contributed by atoms with E-state index in [1.54, 1.807) is 0 Å². The van der Waals surface area contributed by atoms with Crippen LogP contribution in [0, 0.1) is 0 Å². The molecule has 1 rings (SSSR count). The Labute approximate surface area is 108 Å². The Morgan fingerprint density at radius 3 is 1.83 bits per heavy atom. The summed E-state index contributed by atoms with van der Waals surface area (Å²) in [6.07, 6.45) is -4.97. The molecule has 0 aliphatic rings. The van der Waals surface area contributed by atoms with Crippen LogP contribution in [-0.2, 0) is 6.42 Å². The summed E-state index contributed by atoms with van der Waals surface area (Å²) in [6, 6.07) is 2.99. The molecule has 0 fully saturated rings. The minimum absolute atomic E-state index is 0. The van der Waals surface area contributed by atoms with Crippen LogP contribution in [0.25, 0.3) is 0 Å². The molecular weight excluding hydrogens is 277 g/mol. The van der Waals surface area contributed by atoms with E-state index in [2.05, 4.69) is 0 Å². The van der Waals surface area contributed by atoms with Crippen LogP contribution in [0.1, 0.15) is 24.1 Å².